The van der Waals surface area contributed by atoms with E-state index in [0.29, 0.717) is 11.4 Å². The van der Waals surface area contributed by atoms with E-state index in [4.69, 9.17) is 0 Å². The molecule has 1 aliphatic rings. The predicted octanol–water partition coefficient (Wildman–Crippen LogP) is 2.46. The number of aryl methyl sites for hydroxylation is 1. The highest BCUT2D eigenvalue weighted by Crippen LogP contribution is 2.23. The van der Waals surface area contributed by atoms with Crippen molar-refractivity contribution < 1.29 is 0 Å². The number of nitrogens with one attached hydrogen (secondary N) is 1. The van der Waals surface area contributed by atoms with Gasteiger partial charge in [0, 0.05) is 37.4 Å². The number of rotatable bonds is 3. The minimum Gasteiger partial charge on any atom is -0.371 e. The molecule has 3 heterocycles. The summed E-state index contributed by atoms with van der Waals surface area (Å²) in [6.07, 6.45) is 5.82. The molecule has 7 nitrogen and oxygen atoms in total. The highest BCUT2D eigenvalue weighted by Gasteiger charge is 2.19. The van der Waals surface area contributed by atoms with Crippen LogP contribution in [0.1, 0.15) is 12.8 Å². The first-order chi connectivity index (χ1) is 14.1. The van der Waals surface area contributed by atoms with Crippen molar-refractivity contribution in [3.05, 3.63) is 59.3 Å². The number of piperidine rings is 1. The molecule has 2 aromatic carbocycles. The van der Waals surface area contributed by atoms with E-state index in [1.54, 1.807) is 15.6 Å². The molecule has 0 spiro atoms. The van der Waals surface area contributed by atoms with Crippen LogP contribution in [0.15, 0.2) is 53.7 Å². The fourth-order valence-electron chi connectivity index (χ4n) is 4.20. The molecule has 1 N–H and O–H groups in total. The van der Waals surface area contributed by atoms with E-state index in [0.717, 1.165) is 53.7 Å². The average molecular weight is 388 g/mol. The van der Waals surface area contributed by atoms with Crippen molar-refractivity contribution in [3.63, 3.8) is 0 Å². The first-order valence-electron chi connectivity index (χ1n) is 9.99. The van der Waals surface area contributed by atoms with Gasteiger partial charge in [-0.3, -0.25) is 14.0 Å². The molecule has 0 radical (unpaired) electrons. The van der Waals surface area contributed by atoms with Gasteiger partial charge < -0.3 is 10.2 Å². The number of anilines is 1. The summed E-state index contributed by atoms with van der Waals surface area (Å²) in [4.78, 5) is 20.0. The van der Waals surface area contributed by atoms with E-state index in [9.17, 15) is 4.79 Å². The Hall–Kier alpha value is -3.19. The molecule has 0 saturated carbocycles. The van der Waals surface area contributed by atoms with Gasteiger partial charge in [-0.15, -0.1) is 0 Å². The largest absolute Gasteiger partial charge is 0.371 e. The van der Waals surface area contributed by atoms with Crippen molar-refractivity contribution in [2.24, 2.45) is 7.05 Å². The Kier molecular flexibility index (Phi) is 4.32. The molecule has 0 atom stereocenters. The van der Waals surface area contributed by atoms with Gasteiger partial charge in [0.05, 0.1) is 22.1 Å². The topological polar surface area (TPSA) is 68.0 Å². The summed E-state index contributed by atoms with van der Waals surface area (Å²) in [6, 6.07) is 12.3. The zero-order chi connectivity index (χ0) is 20.0. The van der Waals surface area contributed by atoms with Gasteiger partial charge >= 0.3 is 0 Å². The first kappa shape index (κ1) is 17.9. The van der Waals surface area contributed by atoms with Crippen molar-refractivity contribution in [2.75, 3.05) is 25.0 Å². The molecular formula is C22H24N6O. The maximum absolute atomic E-state index is 13.1. The standard InChI is InChI=1S/C22H24N6O/c1-26-13-15-11-18(4-6-20(15)25-26)28-14-24-21-12-17(3-5-19(21)22(28)29)27(2)16-7-9-23-10-8-16/h3-6,11-14,16,23H,7-10H2,1-2H3. The maximum atomic E-state index is 13.1. The lowest BCUT2D eigenvalue weighted by molar-refractivity contribution is 0.443. The summed E-state index contributed by atoms with van der Waals surface area (Å²) in [5.74, 6) is 0. The Morgan fingerprint density at radius 1 is 1.10 bits per heavy atom. The van der Waals surface area contributed by atoms with Crippen molar-refractivity contribution in [2.45, 2.75) is 18.9 Å². The lowest BCUT2D eigenvalue weighted by Gasteiger charge is -2.33. The minimum absolute atomic E-state index is 0.0608. The molecule has 2 aromatic heterocycles. The monoisotopic (exact) mass is 388 g/mol. The lowest BCUT2D eigenvalue weighted by atomic mass is 10.0. The van der Waals surface area contributed by atoms with E-state index in [1.807, 2.05) is 49.6 Å². The van der Waals surface area contributed by atoms with Crippen LogP contribution in [0.5, 0.6) is 0 Å². The third-order valence-corrected chi connectivity index (χ3v) is 5.89. The maximum Gasteiger partial charge on any atom is 0.265 e. The molecule has 1 fully saturated rings. The van der Waals surface area contributed by atoms with Gasteiger partial charge in [-0.2, -0.15) is 5.10 Å². The number of hydrogen-bond acceptors (Lipinski definition) is 5. The van der Waals surface area contributed by atoms with Crippen LogP contribution in [-0.2, 0) is 7.05 Å². The molecule has 0 unspecified atom stereocenters. The van der Waals surface area contributed by atoms with Crippen molar-refractivity contribution in [1.82, 2.24) is 24.6 Å². The Morgan fingerprint density at radius 2 is 1.93 bits per heavy atom. The zero-order valence-corrected chi connectivity index (χ0v) is 16.7. The van der Waals surface area contributed by atoms with Crippen LogP contribution in [-0.4, -0.2) is 45.5 Å². The number of nitrogens with zero attached hydrogens (tertiary/aromatic N) is 5. The molecule has 29 heavy (non-hydrogen) atoms. The molecule has 0 aliphatic carbocycles. The van der Waals surface area contributed by atoms with E-state index < -0.39 is 0 Å². The van der Waals surface area contributed by atoms with Gasteiger partial charge in [0.15, 0.2) is 0 Å². The molecule has 4 aromatic rings. The summed E-state index contributed by atoms with van der Waals surface area (Å²) in [5.41, 5.74) is 3.47. The normalized spacial score (nSPS) is 15.2. The average Bonchev–Trinajstić information content (AvgIpc) is 3.13. The van der Waals surface area contributed by atoms with E-state index in [2.05, 4.69) is 27.3 Å². The minimum atomic E-state index is -0.0608. The summed E-state index contributed by atoms with van der Waals surface area (Å²) < 4.78 is 3.38. The Labute approximate surface area is 168 Å². The fraction of sp³-hybridized carbons (Fsp3) is 0.318. The molecule has 5 rings (SSSR count). The number of aromatic nitrogens is 4. The van der Waals surface area contributed by atoms with Gasteiger partial charge in [-0.25, -0.2) is 4.98 Å². The van der Waals surface area contributed by atoms with Crippen LogP contribution in [0, 0.1) is 0 Å². The number of benzene rings is 2. The number of hydrogen-bond donors (Lipinski definition) is 1. The molecule has 1 aliphatic heterocycles. The third-order valence-electron chi connectivity index (χ3n) is 5.89. The second kappa shape index (κ2) is 7.00. The Morgan fingerprint density at radius 3 is 2.76 bits per heavy atom. The third kappa shape index (κ3) is 3.17. The fourth-order valence-corrected chi connectivity index (χ4v) is 4.20. The summed E-state index contributed by atoms with van der Waals surface area (Å²) in [6.45, 7) is 2.10. The van der Waals surface area contributed by atoms with Crippen LogP contribution in [0.2, 0.25) is 0 Å². The van der Waals surface area contributed by atoms with Crippen LogP contribution >= 0.6 is 0 Å². The van der Waals surface area contributed by atoms with E-state index >= 15 is 0 Å². The van der Waals surface area contributed by atoms with Gasteiger partial charge in [0.2, 0.25) is 0 Å². The molecule has 7 heteroatoms. The predicted molar refractivity (Wildman–Crippen MR) is 116 cm³/mol. The zero-order valence-electron chi connectivity index (χ0n) is 16.7. The second-order valence-corrected chi connectivity index (χ2v) is 7.76. The lowest BCUT2D eigenvalue weighted by Crippen LogP contribution is -2.41. The highest BCUT2D eigenvalue weighted by molar-refractivity contribution is 5.83. The van der Waals surface area contributed by atoms with Gasteiger partial charge in [-0.05, 0) is 62.3 Å². The molecular weight excluding hydrogens is 364 g/mol. The van der Waals surface area contributed by atoms with Crippen molar-refractivity contribution >= 4 is 27.5 Å². The van der Waals surface area contributed by atoms with Gasteiger partial charge in [-0.1, -0.05) is 0 Å². The molecule has 0 amide bonds. The van der Waals surface area contributed by atoms with Crippen LogP contribution in [0.4, 0.5) is 5.69 Å². The molecule has 1 saturated heterocycles. The highest BCUT2D eigenvalue weighted by atomic mass is 16.1. The Bertz CT molecular complexity index is 1250. The Balaban J connectivity index is 1.53. The van der Waals surface area contributed by atoms with E-state index in [-0.39, 0.29) is 5.56 Å². The quantitative estimate of drug-likeness (QED) is 0.584. The van der Waals surface area contributed by atoms with Crippen LogP contribution < -0.4 is 15.8 Å². The van der Waals surface area contributed by atoms with Crippen molar-refractivity contribution in [3.8, 4) is 5.69 Å². The summed E-state index contributed by atoms with van der Waals surface area (Å²) in [7, 11) is 4.02. The molecule has 0 bridgehead atoms. The SMILES string of the molecule is CN(c1ccc2c(=O)n(-c3ccc4nn(C)cc4c3)cnc2c1)C1CCNCC1. The second-order valence-electron chi connectivity index (χ2n) is 7.76. The number of fused-ring (bicyclic) bond motifs is 2. The summed E-state index contributed by atoms with van der Waals surface area (Å²) >= 11 is 0. The van der Waals surface area contributed by atoms with Gasteiger partial charge in [0.1, 0.15) is 6.33 Å². The molecule has 148 valence electrons. The van der Waals surface area contributed by atoms with E-state index in [1.165, 1.54) is 0 Å². The van der Waals surface area contributed by atoms with Crippen molar-refractivity contribution in [1.29, 1.82) is 0 Å². The van der Waals surface area contributed by atoms with Crippen LogP contribution in [0.25, 0.3) is 27.5 Å². The first-order valence-corrected chi connectivity index (χ1v) is 9.99. The smallest absolute Gasteiger partial charge is 0.265 e. The summed E-state index contributed by atoms with van der Waals surface area (Å²) in [5, 5.41) is 9.42. The van der Waals surface area contributed by atoms with Gasteiger partial charge in [0.25, 0.3) is 5.56 Å². The van der Waals surface area contributed by atoms with Crippen LogP contribution in [0.3, 0.4) is 0 Å².